The van der Waals surface area contributed by atoms with Crippen LogP contribution in [0, 0.1) is 0 Å². The fraction of sp³-hybridized carbons (Fsp3) is 0.600. The Kier molecular flexibility index (Phi) is 8.28. The van der Waals surface area contributed by atoms with Gasteiger partial charge in [0.1, 0.15) is 5.82 Å². The van der Waals surface area contributed by atoms with Crippen molar-refractivity contribution >= 4 is 23.7 Å². The van der Waals surface area contributed by atoms with E-state index in [9.17, 15) is 22.8 Å². The normalized spacial score (nSPS) is 15.8. The lowest BCUT2D eigenvalue weighted by Crippen LogP contribution is -2.39. The van der Waals surface area contributed by atoms with E-state index in [0.29, 0.717) is 25.1 Å². The quantitative estimate of drug-likeness (QED) is 0.698. The topological polar surface area (TPSA) is 106 Å². The number of urea groups is 1. The summed E-state index contributed by atoms with van der Waals surface area (Å²) in [7, 11) is 5.49. The van der Waals surface area contributed by atoms with Crippen LogP contribution in [0.15, 0.2) is 6.07 Å². The third-order valence-electron chi connectivity index (χ3n) is 5.23. The number of alkyl halides is 3. The second kappa shape index (κ2) is 10.5. The molecule has 2 N–H and O–H groups in total. The van der Waals surface area contributed by atoms with Gasteiger partial charge in [-0.3, -0.25) is 4.79 Å². The summed E-state index contributed by atoms with van der Waals surface area (Å²) in [5, 5.41) is 9.81. The molecule has 3 amide bonds. The number of carboxylic acids is 1. The smallest absolute Gasteiger partial charge is 0.475 e. The van der Waals surface area contributed by atoms with Gasteiger partial charge in [0.25, 0.3) is 5.91 Å². The van der Waals surface area contributed by atoms with E-state index in [4.69, 9.17) is 14.9 Å². The Labute approximate surface area is 184 Å². The van der Waals surface area contributed by atoms with Crippen molar-refractivity contribution in [3.8, 4) is 0 Å². The fourth-order valence-corrected chi connectivity index (χ4v) is 3.57. The number of nitrogens with zero attached hydrogens (tertiary/aromatic N) is 4. The van der Waals surface area contributed by atoms with Crippen molar-refractivity contribution in [3.05, 3.63) is 22.9 Å². The van der Waals surface area contributed by atoms with Crippen molar-refractivity contribution in [3.63, 3.8) is 0 Å². The highest BCUT2D eigenvalue weighted by Gasteiger charge is 2.38. The molecule has 32 heavy (non-hydrogen) atoms. The van der Waals surface area contributed by atoms with Gasteiger partial charge in [-0.1, -0.05) is 0 Å². The molecule has 0 spiro atoms. The molecule has 1 saturated heterocycles. The highest BCUT2D eigenvalue weighted by molar-refractivity contribution is 5.99. The molecule has 0 atom stereocenters. The molecular weight excluding hydrogens is 431 g/mol. The number of fused-ring (bicyclic) bond motifs is 1. The highest BCUT2D eigenvalue weighted by Crippen LogP contribution is 2.26. The average Bonchev–Trinajstić information content (AvgIpc) is 3.19. The maximum atomic E-state index is 12.9. The highest BCUT2D eigenvalue weighted by atomic mass is 19.4. The number of rotatable bonds is 2. The van der Waals surface area contributed by atoms with Crippen molar-refractivity contribution in [2.24, 2.45) is 0 Å². The first-order valence-corrected chi connectivity index (χ1v) is 10.2. The van der Waals surface area contributed by atoms with Crippen LogP contribution >= 0.6 is 0 Å². The minimum atomic E-state index is -5.08. The average molecular weight is 459 g/mol. The monoisotopic (exact) mass is 459 g/mol. The van der Waals surface area contributed by atoms with E-state index in [2.05, 4.69) is 5.32 Å². The molecular formula is C20H28F3N5O4. The van der Waals surface area contributed by atoms with Crippen molar-refractivity contribution in [1.29, 1.82) is 0 Å². The van der Waals surface area contributed by atoms with Gasteiger partial charge in [-0.2, -0.15) is 13.2 Å². The summed E-state index contributed by atoms with van der Waals surface area (Å²) in [6.07, 6.45) is -1.50. The van der Waals surface area contributed by atoms with Crippen LogP contribution < -0.4 is 10.2 Å². The van der Waals surface area contributed by atoms with Crippen LogP contribution in [0.1, 0.15) is 34.5 Å². The molecule has 2 aliphatic heterocycles. The van der Waals surface area contributed by atoms with E-state index in [0.717, 1.165) is 49.4 Å². The predicted octanol–water partition coefficient (Wildman–Crippen LogP) is 1.76. The molecule has 0 aromatic carbocycles. The summed E-state index contributed by atoms with van der Waals surface area (Å²) in [5.74, 6) is -1.96. The number of carbonyl (C=O) groups excluding carboxylic acids is 2. The van der Waals surface area contributed by atoms with E-state index in [1.807, 2.05) is 30.0 Å². The first-order chi connectivity index (χ1) is 15.0. The molecule has 12 heteroatoms. The molecule has 0 bridgehead atoms. The largest absolute Gasteiger partial charge is 0.490 e. The third-order valence-corrected chi connectivity index (χ3v) is 5.23. The van der Waals surface area contributed by atoms with Crippen LogP contribution in [-0.4, -0.2) is 91.3 Å². The van der Waals surface area contributed by atoms with Crippen LogP contribution in [0.2, 0.25) is 0 Å². The molecule has 0 radical (unpaired) electrons. The summed E-state index contributed by atoms with van der Waals surface area (Å²) in [5.41, 5.74) is 2.76. The first-order valence-electron chi connectivity index (χ1n) is 10.2. The van der Waals surface area contributed by atoms with Gasteiger partial charge in [0.15, 0.2) is 0 Å². The summed E-state index contributed by atoms with van der Waals surface area (Å²) >= 11 is 0. The minimum absolute atomic E-state index is 0.0611. The number of amides is 3. The van der Waals surface area contributed by atoms with E-state index < -0.39 is 12.1 Å². The van der Waals surface area contributed by atoms with Gasteiger partial charge in [0, 0.05) is 59.4 Å². The molecule has 3 heterocycles. The maximum absolute atomic E-state index is 12.9. The number of carboxylic acid groups (broad SMARTS) is 1. The standard InChI is InChI=1S/C18H27N5O2.C2HF3O2/c1-19-18(25)23-10-6-13-12-14(17(24)22-8-4-5-9-22)16(21(2)3)20-15(13)7-11-23;3-2(4,5)1(6)7/h12H,4-11H2,1-3H3,(H,19,25);(H,6,7). The second-order valence-corrected chi connectivity index (χ2v) is 7.70. The molecule has 1 aromatic rings. The van der Waals surface area contributed by atoms with Crippen molar-refractivity contribution in [2.45, 2.75) is 31.9 Å². The van der Waals surface area contributed by atoms with Crippen LogP contribution in [-0.2, 0) is 17.6 Å². The number of anilines is 1. The van der Waals surface area contributed by atoms with Crippen molar-refractivity contribution in [1.82, 2.24) is 20.1 Å². The molecule has 178 valence electrons. The Morgan fingerprint density at radius 3 is 2.12 bits per heavy atom. The molecule has 3 rings (SSSR count). The first kappa shape index (κ1) is 25.2. The number of hydrogen-bond donors (Lipinski definition) is 2. The van der Waals surface area contributed by atoms with Gasteiger partial charge < -0.3 is 25.1 Å². The molecule has 0 unspecified atom stereocenters. The zero-order valence-corrected chi connectivity index (χ0v) is 18.3. The lowest BCUT2D eigenvalue weighted by atomic mass is 10.0. The summed E-state index contributed by atoms with van der Waals surface area (Å²) in [6, 6.07) is 1.94. The van der Waals surface area contributed by atoms with Gasteiger partial charge in [0.2, 0.25) is 0 Å². The Hall–Kier alpha value is -3.05. The van der Waals surface area contributed by atoms with E-state index in [1.54, 1.807) is 11.9 Å². The molecule has 0 aliphatic carbocycles. The van der Waals surface area contributed by atoms with E-state index >= 15 is 0 Å². The van der Waals surface area contributed by atoms with Gasteiger partial charge >= 0.3 is 18.2 Å². The van der Waals surface area contributed by atoms with Gasteiger partial charge in [-0.05, 0) is 30.9 Å². The number of pyridine rings is 1. The molecule has 0 saturated carbocycles. The second-order valence-electron chi connectivity index (χ2n) is 7.70. The number of nitrogens with one attached hydrogen (secondary N) is 1. The van der Waals surface area contributed by atoms with Crippen LogP contribution in [0.4, 0.5) is 23.8 Å². The van der Waals surface area contributed by atoms with Gasteiger partial charge in [-0.15, -0.1) is 0 Å². The SMILES string of the molecule is CNC(=O)N1CCc2cc(C(=O)N3CCCC3)c(N(C)C)nc2CC1.O=C(O)C(F)(F)F. The Bertz CT molecular complexity index is 854. The number of aliphatic carboxylic acids is 1. The Morgan fingerprint density at radius 2 is 1.62 bits per heavy atom. The third kappa shape index (κ3) is 6.24. The molecule has 9 nitrogen and oxygen atoms in total. The zero-order chi connectivity index (χ0) is 24.1. The van der Waals surface area contributed by atoms with Gasteiger partial charge in [0.05, 0.1) is 5.56 Å². The lowest BCUT2D eigenvalue weighted by Gasteiger charge is -2.22. The van der Waals surface area contributed by atoms with Crippen LogP contribution in [0.5, 0.6) is 0 Å². The number of hydrogen-bond acceptors (Lipinski definition) is 5. The number of aromatic nitrogens is 1. The molecule has 1 fully saturated rings. The van der Waals surface area contributed by atoms with Crippen molar-refractivity contribution < 1.29 is 32.7 Å². The lowest BCUT2D eigenvalue weighted by molar-refractivity contribution is -0.192. The molecule has 1 aromatic heterocycles. The predicted molar refractivity (Wildman–Crippen MR) is 111 cm³/mol. The van der Waals surface area contributed by atoms with Gasteiger partial charge in [-0.25, -0.2) is 14.6 Å². The zero-order valence-electron chi connectivity index (χ0n) is 18.3. The minimum Gasteiger partial charge on any atom is -0.475 e. The van der Waals surface area contributed by atoms with Crippen LogP contribution in [0.3, 0.4) is 0 Å². The Balaban J connectivity index is 0.000000451. The molecule has 2 aliphatic rings. The fourth-order valence-electron chi connectivity index (χ4n) is 3.57. The van der Waals surface area contributed by atoms with E-state index in [1.165, 1.54) is 0 Å². The summed E-state index contributed by atoms with van der Waals surface area (Å²) in [4.78, 5) is 44.2. The maximum Gasteiger partial charge on any atom is 0.490 e. The number of carbonyl (C=O) groups is 3. The van der Waals surface area contributed by atoms with Crippen molar-refractivity contribution in [2.75, 3.05) is 52.2 Å². The summed E-state index contributed by atoms with van der Waals surface area (Å²) < 4.78 is 31.7. The Morgan fingerprint density at radius 1 is 1.06 bits per heavy atom. The van der Waals surface area contributed by atoms with E-state index in [-0.39, 0.29) is 11.9 Å². The number of halogens is 3. The van der Waals surface area contributed by atoms with Crippen LogP contribution in [0.25, 0.3) is 0 Å². The summed E-state index contributed by atoms with van der Waals surface area (Å²) in [6.45, 7) is 2.94. The number of likely N-dealkylation sites (tertiary alicyclic amines) is 1.